The van der Waals surface area contributed by atoms with Crippen molar-refractivity contribution in [1.29, 1.82) is 0 Å². The lowest BCUT2D eigenvalue weighted by Gasteiger charge is -2.12. The van der Waals surface area contributed by atoms with E-state index in [0.717, 1.165) is 0 Å². The molecule has 2 rings (SSSR count). The zero-order valence-corrected chi connectivity index (χ0v) is 14.3. The summed E-state index contributed by atoms with van der Waals surface area (Å²) in [5, 5.41) is 5.12. The summed E-state index contributed by atoms with van der Waals surface area (Å²) in [7, 11) is 3.68. The van der Waals surface area contributed by atoms with Crippen LogP contribution in [0.5, 0.6) is 0 Å². The number of nitrogens with zero attached hydrogens (tertiary/aromatic N) is 3. The second-order valence-corrected chi connectivity index (χ2v) is 6.24. The normalized spacial score (nSPS) is 11.1. The van der Waals surface area contributed by atoms with Crippen LogP contribution in [-0.4, -0.2) is 35.6 Å². The minimum absolute atomic E-state index is 0.0485. The first kappa shape index (κ1) is 18.8. The highest BCUT2D eigenvalue weighted by Crippen LogP contribution is 2.36. The number of nitrogens with one attached hydrogen (secondary N) is 2. The molecule has 1 aromatic heterocycles. The quantitative estimate of drug-likeness (QED) is 0.788. The topological polar surface area (TPSA) is 70.2 Å². The van der Waals surface area contributed by atoms with Gasteiger partial charge in [0.2, 0.25) is 0 Å². The van der Waals surface area contributed by atoms with Gasteiger partial charge in [-0.2, -0.15) is 13.2 Å². The van der Waals surface area contributed by atoms with Gasteiger partial charge >= 0.3 is 11.5 Å². The molecule has 0 atom stereocenters. The second kappa shape index (κ2) is 8.06. The molecule has 0 aliphatic heterocycles. The Labute approximate surface area is 146 Å². The van der Waals surface area contributed by atoms with E-state index in [2.05, 4.69) is 20.6 Å². The van der Waals surface area contributed by atoms with Crippen molar-refractivity contribution in [3.05, 3.63) is 42.4 Å². The van der Waals surface area contributed by atoms with Crippen LogP contribution in [0.1, 0.15) is 5.82 Å². The van der Waals surface area contributed by atoms with Crippen molar-refractivity contribution in [3.8, 4) is 0 Å². The number of rotatable bonds is 5. The minimum Gasteiger partial charge on any atom is -0.363 e. The highest BCUT2D eigenvalue weighted by atomic mass is 32.2. The molecule has 2 amide bonds. The fourth-order valence-corrected chi connectivity index (χ4v) is 2.34. The lowest BCUT2D eigenvalue weighted by Crippen LogP contribution is -2.29. The Morgan fingerprint density at radius 3 is 2.48 bits per heavy atom. The molecule has 0 fully saturated rings. The van der Waals surface area contributed by atoms with Gasteiger partial charge in [0.25, 0.3) is 0 Å². The molecule has 0 saturated carbocycles. The highest BCUT2D eigenvalue weighted by Gasteiger charge is 2.29. The largest absolute Gasteiger partial charge is 0.446 e. The maximum atomic E-state index is 12.3. The van der Waals surface area contributed by atoms with E-state index < -0.39 is 11.5 Å². The SMILES string of the molecule is CN(C)c1ccnc(CNC(=O)Nc2ccc(SC(F)(F)F)cc2)n1. The molecule has 134 valence electrons. The lowest BCUT2D eigenvalue weighted by molar-refractivity contribution is -0.0328. The van der Waals surface area contributed by atoms with E-state index in [9.17, 15) is 18.0 Å². The van der Waals surface area contributed by atoms with E-state index >= 15 is 0 Å². The van der Waals surface area contributed by atoms with Crippen molar-refractivity contribution in [2.24, 2.45) is 0 Å². The number of hydrogen-bond donors (Lipinski definition) is 2. The zero-order chi connectivity index (χ0) is 18.4. The van der Waals surface area contributed by atoms with Gasteiger partial charge < -0.3 is 15.5 Å². The van der Waals surface area contributed by atoms with Gasteiger partial charge in [-0.1, -0.05) is 0 Å². The number of benzene rings is 1. The van der Waals surface area contributed by atoms with E-state index in [0.29, 0.717) is 17.3 Å². The van der Waals surface area contributed by atoms with Gasteiger partial charge in [0.1, 0.15) is 11.6 Å². The monoisotopic (exact) mass is 371 g/mol. The van der Waals surface area contributed by atoms with Crippen LogP contribution < -0.4 is 15.5 Å². The van der Waals surface area contributed by atoms with Crippen LogP contribution in [0.4, 0.5) is 29.5 Å². The van der Waals surface area contributed by atoms with Crippen LogP contribution in [0.15, 0.2) is 41.4 Å². The summed E-state index contributed by atoms with van der Waals surface area (Å²) in [4.78, 5) is 22.0. The van der Waals surface area contributed by atoms with Crippen LogP contribution in [0.3, 0.4) is 0 Å². The van der Waals surface area contributed by atoms with Gasteiger partial charge in [0.15, 0.2) is 0 Å². The number of amides is 2. The molecule has 0 saturated heterocycles. The van der Waals surface area contributed by atoms with Gasteiger partial charge in [0.05, 0.1) is 6.54 Å². The maximum Gasteiger partial charge on any atom is 0.446 e. The van der Waals surface area contributed by atoms with Crippen molar-refractivity contribution in [2.75, 3.05) is 24.3 Å². The third-order valence-electron chi connectivity index (χ3n) is 2.90. The third-order valence-corrected chi connectivity index (χ3v) is 3.64. The van der Waals surface area contributed by atoms with Gasteiger partial charge in [-0.25, -0.2) is 14.8 Å². The number of thioether (sulfide) groups is 1. The van der Waals surface area contributed by atoms with Crippen molar-refractivity contribution in [3.63, 3.8) is 0 Å². The Kier molecular flexibility index (Phi) is 6.07. The number of carbonyl (C=O) groups is 1. The zero-order valence-electron chi connectivity index (χ0n) is 13.5. The Bertz CT molecular complexity index is 722. The van der Waals surface area contributed by atoms with Crippen molar-refractivity contribution < 1.29 is 18.0 Å². The molecular weight excluding hydrogens is 355 g/mol. The predicted octanol–water partition coefficient (Wildman–Crippen LogP) is 3.48. The van der Waals surface area contributed by atoms with E-state index in [1.165, 1.54) is 24.3 Å². The summed E-state index contributed by atoms with van der Waals surface area (Å²) in [6, 6.07) is 6.61. The van der Waals surface area contributed by atoms with Gasteiger partial charge in [-0.3, -0.25) is 0 Å². The summed E-state index contributed by atoms with van der Waals surface area (Å²) >= 11 is -0.209. The molecule has 6 nitrogen and oxygen atoms in total. The third kappa shape index (κ3) is 6.49. The maximum absolute atomic E-state index is 12.3. The van der Waals surface area contributed by atoms with E-state index in [4.69, 9.17) is 0 Å². The molecule has 2 N–H and O–H groups in total. The van der Waals surface area contributed by atoms with Crippen LogP contribution in [0.25, 0.3) is 0 Å². The fraction of sp³-hybridized carbons (Fsp3) is 0.267. The van der Waals surface area contributed by atoms with Gasteiger partial charge in [0, 0.05) is 30.9 Å². The summed E-state index contributed by atoms with van der Waals surface area (Å²) < 4.78 is 36.8. The first-order chi connectivity index (χ1) is 11.7. The van der Waals surface area contributed by atoms with Crippen molar-refractivity contribution >= 4 is 29.3 Å². The number of alkyl halides is 3. The molecule has 0 aliphatic rings. The lowest BCUT2D eigenvalue weighted by atomic mass is 10.3. The molecule has 10 heteroatoms. The first-order valence-electron chi connectivity index (χ1n) is 7.13. The second-order valence-electron chi connectivity index (χ2n) is 5.11. The van der Waals surface area contributed by atoms with Crippen LogP contribution in [0.2, 0.25) is 0 Å². The number of hydrogen-bond acceptors (Lipinski definition) is 5. The highest BCUT2D eigenvalue weighted by molar-refractivity contribution is 8.00. The first-order valence-corrected chi connectivity index (χ1v) is 7.94. The van der Waals surface area contributed by atoms with Crippen LogP contribution >= 0.6 is 11.8 Å². The Hall–Kier alpha value is -2.49. The molecule has 1 aromatic carbocycles. The minimum atomic E-state index is -4.34. The smallest absolute Gasteiger partial charge is 0.363 e. The fourth-order valence-electron chi connectivity index (χ4n) is 1.80. The Morgan fingerprint density at radius 2 is 1.88 bits per heavy atom. The predicted molar refractivity (Wildman–Crippen MR) is 90.6 cm³/mol. The average Bonchev–Trinajstić information content (AvgIpc) is 2.54. The summed E-state index contributed by atoms with van der Waals surface area (Å²) in [6.45, 7) is 0.121. The van der Waals surface area contributed by atoms with Crippen molar-refractivity contribution in [2.45, 2.75) is 16.9 Å². The molecule has 2 aromatic rings. The molecular formula is C15H16F3N5OS. The van der Waals surface area contributed by atoms with Gasteiger partial charge in [-0.05, 0) is 42.1 Å². The molecule has 0 aliphatic carbocycles. The molecule has 1 heterocycles. The standard InChI is InChI=1S/C15H16F3N5OS/c1-23(2)13-7-8-19-12(22-13)9-20-14(24)21-10-3-5-11(6-4-10)25-15(16,17)18/h3-8H,9H2,1-2H3,(H2,20,21,24). The molecule has 0 unspecified atom stereocenters. The molecule has 0 spiro atoms. The number of carbonyl (C=O) groups excluding carboxylic acids is 1. The van der Waals surface area contributed by atoms with E-state index in [1.54, 1.807) is 12.3 Å². The van der Waals surface area contributed by atoms with Crippen molar-refractivity contribution in [1.82, 2.24) is 15.3 Å². The Balaban J connectivity index is 1.87. The van der Waals surface area contributed by atoms with Gasteiger partial charge in [-0.15, -0.1) is 0 Å². The number of anilines is 2. The van der Waals surface area contributed by atoms with Crippen LogP contribution in [0, 0.1) is 0 Å². The van der Waals surface area contributed by atoms with Crippen LogP contribution in [-0.2, 0) is 6.54 Å². The summed E-state index contributed by atoms with van der Waals surface area (Å²) in [5.74, 6) is 1.16. The summed E-state index contributed by atoms with van der Waals surface area (Å²) in [6.07, 6.45) is 1.59. The number of halogens is 3. The van der Waals surface area contributed by atoms with E-state index in [-0.39, 0.29) is 23.2 Å². The van der Waals surface area contributed by atoms with E-state index in [1.807, 2.05) is 19.0 Å². The number of urea groups is 1. The molecule has 0 bridgehead atoms. The molecule has 25 heavy (non-hydrogen) atoms. The summed E-state index contributed by atoms with van der Waals surface area (Å²) in [5.41, 5.74) is -3.96. The average molecular weight is 371 g/mol. The molecule has 0 radical (unpaired) electrons. The Morgan fingerprint density at radius 1 is 1.20 bits per heavy atom. The number of aromatic nitrogens is 2.